The molecule has 1 aliphatic heterocycles. The molecule has 1 saturated heterocycles. The molecule has 148 valence electrons. The van der Waals surface area contributed by atoms with Crippen molar-refractivity contribution in [2.24, 2.45) is 5.84 Å². The number of nitrogens with two attached hydrogens (primary N) is 1. The van der Waals surface area contributed by atoms with Crippen LogP contribution in [0.25, 0.3) is 33.3 Å². The third kappa shape index (κ3) is 3.43. The van der Waals surface area contributed by atoms with E-state index in [0.717, 1.165) is 58.0 Å². The lowest BCUT2D eigenvalue weighted by molar-refractivity contribution is 0.224. The van der Waals surface area contributed by atoms with Gasteiger partial charge in [-0.1, -0.05) is 28.1 Å². The van der Waals surface area contributed by atoms with E-state index in [1.807, 2.05) is 47.5 Å². The first-order valence-electron chi connectivity index (χ1n) is 9.65. The Kier molecular flexibility index (Phi) is 4.61. The fourth-order valence-corrected chi connectivity index (χ4v) is 4.32. The van der Waals surface area contributed by atoms with Crippen LogP contribution in [0.1, 0.15) is 12.8 Å². The van der Waals surface area contributed by atoms with E-state index in [1.165, 1.54) is 0 Å². The number of imidazole rings is 1. The van der Waals surface area contributed by atoms with Gasteiger partial charge in [0.25, 0.3) is 5.56 Å². The monoisotopic (exact) mass is 452 g/mol. The Hall–Kier alpha value is -2.68. The van der Waals surface area contributed by atoms with Crippen LogP contribution >= 0.6 is 15.9 Å². The van der Waals surface area contributed by atoms with Crippen molar-refractivity contribution in [3.63, 3.8) is 0 Å². The Bertz CT molecular complexity index is 1220. The van der Waals surface area contributed by atoms with Crippen molar-refractivity contribution < 1.29 is 0 Å². The predicted molar refractivity (Wildman–Crippen MR) is 120 cm³/mol. The van der Waals surface area contributed by atoms with Crippen LogP contribution in [0.4, 0.5) is 5.69 Å². The first-order valence-corrected chi connectivity index (χ1v) is 10.4. The Balaban J connectivity index is 1.71. The SMILES string of the molecule is NN1CCC(Nc2c(-c3nc4ccccc4[nH]3)c(=O)[nH]c3ccc(Br)cc23)CC1. The van der Waals surface area contributed by atoms with Crippen molar-refractivity contribution in [3.05, 3.63) is 57.3 Å². The van der Waals surface area contributed by atoms with E-state index in [9.17, 15) is 4.79 Å². The number of aromatic amines is 2. The third-order valence-electron chi connectivity index (χ3n) is 5.48. The molecule has 5 rings (SSSR count). The molecule has 29 heavy (non-hydrogen) atoms. The number of rotatable bonds is 3. The number of H-pyrrole nitrogens is 2. The van der Waals surface area contributed by atoms with Crippen LogP contribution in [0, 0.1) is 0 Å². The summed E-state index contributed by atoms with van der Waals surface area (Å²) in [6.45, 7) is 1.64. The molecule has 3 heterocycles. The Morgan fingerprint density at radius 3 is 2.69 bits per heavy atom. The van der Waals surface area contributed by atoms with E-state index in [1.54, 1.807) is 0 Å². The van der Waals surface area contributed by atoms with E-state index in [4.69, 9.17) is 5.84 Å². The number of benzene rings is 2. The number of fused-ring (bicyclic) bond motifs is 2. The van der Waals surface area contributed by atoms with Gasteiger partial charge in [0.2, 0.25) is 0 Å². The second-order valence-electron chi connectivity index (χ2n) is 7.45. The summed E-state index contributed by atoms with van der Waals surface area (Å²) in [4.78, 5) is 24.1. The highest BCUT2D eigenvalue weighted by Gasteiger charge is 2.23. The maximum atomic E-state index is 13.1. The number of nitrogens with one attached hydrogen (secondary N) is 3. The molecule has 2 aromatic carbocycles. The zero-order valence-electron chi connectivity index (χ0n) is 15.7. The molecule has 8 heteroatoms. The second kappa shape index (κ2) is 7.29. The highest BCUT2D eigenvalue weighted by Crippen LogP contribution is 2.33. The van der Waals surface area contributed by atoms with E-state index < -0.39 is 0 Å². The van der Waals surface area contributed by atoms with Gasteiger partial charge in [0, 0.05) is 29.0 Å². The zero-order valence-corrected chi connectivity index (χ0v) is 17.3. The minimum Gasteiger partial charge on any atom is -0.381 e. The van der Waals surface area contributed by atoms with E-state index in [-0.39, 0.29) is 11.6 Å². The van der Waals surface area contributed by atoms with Crippen LogP contribution in [0.2, 0.25) is 0 Å². The molecule has 0 spiro atoms. The van der Waals surface area contributed by atoms with Gasteiger partial charge in [-0.3, -0.25) is 10.6 Å². The molecule has 0 saturated carbocycles. The zero-order chi connectivity index (χ0) is 20.0. The number of hydrogen-bond acceptors (Lipinski definition) is 5. The first-order chi connectivity index (χ1) is 14.1. The number of anilines is 1. The van der Waals surface area contributed by atoms with Crippen LogP contribution < -0.4 is 16.7 Å². The summed E-state index contributed by atoms with van der Waals surface area (Å²) in [5.74, 6) is 6.48. The summed E-state index contributed by atoms with van der Waals surface area (Å²) >= 11 is 3.56. The number of para-hydroxylation sites is 2. The Morgan fingerprint density at radius 1 is 1.10 bits per heavy atom. The minimum absolute atomic E-state index is 0.169. The van der Waals surface area contributed by atoms with Gasteiger partial charge in [-0.25, -0.2) is 9.99 Å². The molecule has 0 amide bonds. The number of halogens is 1. The molecule has 0 atom stereocenters. The molecule has 1 aliphatic rings. The van der Waals surface area contributed by atoms with Gasteiger partial charge in [-0.05, 0) is 43.2 Å². The summed E-state index contributed by atoms with van der Waals surface area (Å²) in [6, 6.07) is 13.9. The second-order valence-corrected chi connectivity index (χ2v) is 8.37. The summed E-state index contributed by atoms with van der Waals surface area (Å²) < 4.78 is 0.951. The average molecular weight is 453 g/mol. The number of hydrazine groups is 1. The molecule has 4 aromatic rings. The highest BCUT2D eigenvalue weighted by atomic mass is 79.9. The lowest BCUT2D eigenvalue weighted by Crippen LogP contribution is -2.43. The fraction of sp³-hybridized carbons (Fsp3) is 0.238. The van der Waals surface area contributed by atoms with Gasteiger partial charge in [0.1, 0.15) is 11.4 Å². The van der Waals surface area contributed by atoms with Crippen molar-refractivity contribution in [2.75, 3.05) is 18.4 Å². The standard InChI is InChI=1S/C21H21BrN6O/c22-12-5-6-15-14(11-12)19(24-13-7-9-28(23)10-8-13)18(21(29)27-15)20-25-16-3-1-2-4-17(16)26-20/h1-6,11,13H,7-10,23H2,(H,25,26)(H2,24,27,29). The van der Waals surface area contributed by atoms with E-state index >= 15 is 0 Å². The lowest BCUT2D eigenvalue weighted by atomic mass is 10.0. The Labute approximate surface area is 175 Å². The van der Waals surface area contributed by atoms with Crippen LogP contribution in [-0.4, -0.2) is 39.1 Å². The van der Waals surface area contributed by atoms with Crippen molar-refractivity contribution >= 4 is 43.6 Å². The molecular formula is C21H21BrN6O. The maximum Gasteiger partial charge on any atom is 0.261 e. The largest absolute Gasteiger partial charge is 0.381 e. The van der Waals surface area contributed by atoms with Gasteiger partial charge in [-0.15, -0.1) is 0 Å². The number of pyridine rings is 1. The quantitative estimate of drug-likeness (QED) is 0.355. The summed E-state index contributed by atoms with van der Waals surface area (Å²) in [6.07, 6.45) is 1.83. The highest BCUT2D eigenvalue weighted by molar-refractivity contribution is 9.10. The molecule has 2 aromatic heterocycles. The van der Waals surface area contributed by atoms with Gasteiger partial charge in [-0.2, -0.15) is 0 Å². The molecule has 0 aliphatic carbocycles. The number of hydrogen-bond donors (Lipinski definition) is 4. The first kappa shape index (κ1) is 18.4. The van der Waals surface area contributed by atoms with E-state index in [2.05, 4.69) is 36.2 Å². The summed E-state index contributed by atoms with van der Waals surface area (Å²) in [5, 5.41) is 6.43. The summed E-state index contributed by atoms with van der Waals surface area (Å²) in [5.41, 5.74) is 3.69. The van der Waals surface area contributed by atoms with Crippen LogP contribution in [-0.2, 0) is 0 Å². The van der Waals surface area contributed by atoms with Crippen molar-refractivity contribution in [2.45, 2.75) is 18.9 Å². The molecule has 5 N–H and O–H groups in total. The Morgan fingerprint density at radius 2 is 1.90 bits per heavy atom. The van der Waals surface area contributed by atoms with Crippen molar-refractivity contribution in [1.82, 2.24) is 20.0 Å². The third-order valence-corrected chi connectivity index (χ3v) is 5.97. The topological polar surface area (TPSA) is 103 Å². The molecule has 0 unspecified atom stereocenters. The van der Waals surface area contributed by atoms with Crippen LogP contribution in [0.3, 0.4) is 0 Å². The van der Waals surface area contributed by atoms with Crippen LogP contribution in [0.15, 0.2) is 51.7 Å². The molecule has 0 radical (unpaired) electrons. The lowest BCUT2D eigenvalue weighted by Gasteiger charge is -2.30. The van der Waals surface area contributed by atoms with Crippen LogP contribution in [0.5, 0.6) is 0 Å². The molecule has 0 bridgehead atoms. The van der Waals surface area contributed by atoms with Gasteiger partial charge in [0.15, 0.2) is 0 Å². The number of piperidine rings is 1. The maximum absolute atomic E-state index is 13.1. The molecule has 1 fully saturated rings. The van der Waals surface area contributed by atoms with Crippen molar-refractivity contribution in [1.29, 1.82) is 0 Å². The predicted octanol–water partition coefficient (Wildman–Crippen LogP) is 3.58. The minimum atomic E-state index is -0.169. The van der Waals surface area contributed by atoms with Gasteiger partial charge in [0.05, 0.1) is 22.2 Å². The smallest absolute Gasteiger partial charge is 0.261 e. The van der Waals surface area contributed by atoms with Crippen molar-refractivity contribution in [3.8, 4) is 11.4 Å². The van der Waals surface area contributed by atoms with Gasteiger partial charge >= 0.3 is 0 Å². The molecular weight excluding hydrogens is 432 g/mol. The number of nitrogens with zero attached hydrogens (tertiary/aromatic N) is 2. The van der Waals surface area contributed by atoms with E-state index in [0.29, 0.717) is 11.4 Å². The fourth-order valence-electron chi connectivity index (χ4n) is 3.96. The number of aromatic nitrogens is 3. The summed E-state index contributed by atoms with van der Waals surface area (Å²) in [7, 11) is 0. The molecule has 7 nitrogen and oxygen atoms in total. The average Bonchev–Trinajstić information content (AvgIpc) is 3.14. The van der Waals surface area contributed by atoms with Gasteiger partial charge < -0.3 is 15.3 Å². The normalized spacial score (nSPS) is 15.9.